The van der Waals surface area contributed by atoms with Crippen LogP contribution in [-0.4, -0.2) is 34.6 Å². The summed E-state index contributed by atoms with van der Waals surface area (Å²) in [6.45, 7) is 7.69. The van der Waals surface area contributed by atoms with E-state index in [4.69, 9.17) is 4.74 Å². The molecule has 116 valence electrons. The maximum Gasteiger partial charge on any atom is 0.0821 e. The fourth-order valence-corrected chi connectivity index (χ4v) is 2.18. The predicted molar refractivity (Wildman–Crippen MR) is 84.3 cm³/mol. The van der Waals surface area contributed by atoms with Crippen LogP contribution in [0.25, 0.3) is 0 Å². The van der Waals surface area contributed by atoms with E-state index in [2.05, 4.69) is 59.6 Å². The smallest absolute Gasteiger partial charge is 0.0821 e. The van der Waals surface area contributed by atoms with Crippen molar-refractivity contribution in [2.24, 2.45) is 0 Å². The highest BCUT2D eigenvalue weighted by atomic mass is 16.5. The van der Waals surface area contributed by atoms with Gasteiger partial charge in [0.05, 0.1) is 18.8 Å². The summed E-state index contributed by atoms with van der Waals surface area (Å²) in [4.78, 5) is 0. The first kappa shape index (κ1) is 15.8. The molecular formula is C16H26N4O. The SMILES string of the molecule is CCC(C)n1ccc(Cn2ccc(CNCCOC)c2)n1. The maximum absolute atomic E-state index is 5.02. The minimum absolute atomic E-state index is 0.462. The summed E-state index contributed by atoms with van der Waals surface area (Å²) < 4.78 is 9.24. The molecule has 2 rings (SSSR count). The molecular weight excluding hydrogens is 264 g/mol. The second-order valence-electron chi connectivity index (χ2n) is 5.41. The Kier molecular flexibility index (Phi) is 6.02. The number of methoxy groups -OCH3 is 1. The first-order valence-corrected chi connectivity index (χ1v) is 7.61. The minimum atomic E-state index is 0.462. The Morgan fingerprint density at radius 3 is 2.95 bits per heavy atom. The second kappa shape index (κ2) is 8.00. The van der Waals surface area contributed by atoms with E-state index in [-0.39, 0.29) is 0 Å². The van der Waals surface area contributed by atoms with Gasteiger partial charge in [-0.2, -0.15) is 5.10 Å². The van der Waals surface area contributed by atoms with Crippen LogP contribution in [0.1, 0.15) is 37.6 Å². The topological polar surface area (TPSA) is 44.0 Å². The zero-order chi connectivity index (χ0) is 15.1. The molecule has 0 amide bonds. The van der Waals surface area contributed by atoms with Gasteiger partial charge in [-0.15, -0.1) is 0 Å². The third-order valence-electron chi connectivity index (χ3n) is 3.67. The molecule has 2 aromatic heterocycles. The summed E-state index contributed by atoms with van der Waals surface area (Å²) in [6, 6.07) is 4.71. The Hall–Kier alpha value is -1.59. The molecule has 0 bridgehead atoms. The van der Waals surface area contributed by atoms with E-state index in [0.717, 1.165) is 38.4 Å². The van der Waals surface area contributed by atoms with Gasteiger partial charge >= 0.3 is 0 Å². The summed E-state index contributed by atoms with van der Waals surface area (Å²) in [5.74, 6) is 0. The summed E-state index contributed by atoms with van der Waals surface area (Å²) in [5.41, 5.74) is 2.39. The van der Waals surface area contributed by atoms with E-state index in [9.17, 15) is 0 Å². The minimum Gasteiger partial charge on any atom is -0.383 e. The van der Waals surface area contributed by atoms with Crippen LogP contribution in [0.4, 0.5) is 0 Å². The van der Waals surface area contributed by atoms with Crippen molar-refractivity contribution >= 4 is 0 Å². The van der Waals surface area contributed by atoms with Gasteiger partial charge in [0.1, 0.15) is 0 Å². The first-order valence-electron chi connectivity index (χ1n) is 7.61. The number of hydrogen-bond acceptors (Lipinski definition) is 3. The van der Waals surface area contributed by atoms with Gasteiger partial charge in [-0.1, -0.05) is 6.92 Å². The molecule has 0 aliphatic heterocycles. The predicted octanol–water partition coefficient (Wildman–Crippen LogP) is 2.44. The highest BCUT2D eigenvalue weighted by Crippen LogP contribution is 2.10. The van der Waals surface area contributed by atoms with E-state index in [0.29, 0.717) is 6.04 Å². The zero-order valence-electron chi connectivity index (χ0n) is 13.2. The lowest BCUT2D eigenvalue weighted by atomic mass is 10.3. The third-order valence-corrected chi connectivity index (χ3v) is 3.67. The average Bonchev–Trinajstić information content (AvgIpc) is 3.13. The van der Waals surface area contributed by atoms with Crippen molar-refractivity contribution in [1.29, 1.82) is 0 Å². The second-order valence-corrected chi connectivity index (χ2v) is 5.41. The fourth-order valence-electron chi connectivity index (χ4n) is 2.18. The number of ether oxygens (including phenoxy) is 1. The van der Waals surface area contributed by atoms with Gasteiger partial charge in [0.15, 0.2) is 0 Å². The summed E-state index contributed by atoms with van der Waals surface area (Å²) in [6.07, 6.45) is 7.44. The molecule has 0 aromatic carbocycles. The van der Waals surface area contributed by atoms with Crippen molar-refractivity contribution in [2.75, 3.05) is 20.3 Å². The number of aromatic nitrogens is 3. The molecule has 0 aliphatic carbocycles. The normalized spacial score (nSPS) is 12.7. The maximum atomic E-state index is 5.02. The van der Waals surface area contributed by atoms with E-state index < -0.39 is 0 Å². The molecule has 0 saturated heterocycles. The lowest BCUT2D eigenvalue weighted by Crippen LogP contribution is -2.18. The standard InChI is InChI=1S/C16H26N4O/c1-4-14(2)20-9-6-16(18-20)13-19-8-5-15(12-19)11-17-7-10-21-3/h5-6,8-9,12,14,17H,4,7,10-11,13H2,1-3H3. The van der Waals surface area contributed by atoms with Crippen molar-refractivity contribution in [2.45, 2.75) is 39.4 Å². The molecule has 0 fully saturated rings. The molecule has 1 atom stereocenters. The largest absolute Gasteiger partial charge is 0.383 e. The molecule has 2 heterocycles. The molecule has 1 N–H and O–H groups in total. The Bertz CT molecular complexity index is 532. The zero-order valence-corrected chi connectivity index (χ0v) is 13.2. The number of nitrogens with zero attached hydrogens (tertiary/aromatic N) is 3. The lowest BCUT2D eigenvalue weighted by molar-refractivity contribution is 0.199. The Labute approximate surface area is 126 Å². The fraction of sp³-hybridized carbons (Fsp3) is 0.562. The Balaban J connectivity index is 1.85. The van der Waals surface area contributed by atoms with Crippen LogP contribution in [0.15, 0.2) is 30.7 Å². The Morgan fingerprint density at radius 1 is 1.33 bits per heavy atom. The van der Waals surface area contributed by atoms with Gasteiger partial charge in [0, 0.05) is 44.8 Å². The molecule has 5 nitrogen and oxygen atoms in total. The lowest BCUT2D eigenvalue weighted by Gasteiger charge is -2.08. The van der Waals surface area contributed by atoms with Gasteiger partial charge in [-0.3, -0.25) is 4.68 Å². The molecule has 0 spiro atoms. The molecule has 0 aliphatic rings. The highest BCUT2D eigenvalue weighted by Gasteiger charge is 2.05. The van der Waals surface area contributed by atoms with Crippen LogP contribution in [0, 0.1) is 0 Å². The van der Waals surface area contributed by atoms with Crippen molar-refractivity contribution in [3.63, 3.8) is 0 Å². The van der Waals surface area contributed by atoms with Crippen LogP contribution >= 0.6 is 0 Å². The summed E-state index contributed by atoms with van der Waals surface area (Å²) in [7, 11) is 1.72. The molecule has 2 aromatic rings. The average molecular weight is 290 g/mol. The van der Waals surface area contributed by atoms with E-state index in [1.54, 1.807) is 7.11 Å². The highest BCUT2D eigenvalue weighted by molar-refractivity contribution is 5.12. The summed E-state index contributed by atoms with van der Waals surface area (Å²) >= 11 is 0. The van der Waals surface area contributed by atoms with Crippen LogP contribution in [0.2, 0.25) is 0 Å². The monoisotopic (exact) mass is 290 g/mol. The van der Waals surface area contributed by atoms with Gasteiger partial charge < -0.3 is 14.6 Å². The van der Waals surface area contributed by atoms with Crippen molar-refractivity contribution < 1.29 is 4.74 Å². The van der Waals surface area contributed by atoms with Gasteiger partial charge in [-0.25, -0.2) is 0 Å². The van der Waals surface area contributed by atoms with Gasteiger partial charge in [0.25, 0.3) is 0 Å². The van der Waals surface area contributed by atoms with Crippen LogP contribution < -0.4 is 5.32 Å². The van der Waals surface area contributed by atoms with Crippen LogP contribution in [0.5, 0.6) is 0 Å². The number of hydrogen-bond donors (Lipinski definition) is 1. The molecule has 0 saturated carbocycles. The van der Waals surface area contributed by atoms with Crippen LogP contribution in [-0.2, 0) is 17.8 Å². The van der Waals surface area contributed by atoms with E-state index in [1.807, 2.05) is 4.68 Å². The van der Waals surface area contributed by atoms with E-state index in [1.165, 1.54) is 5.56 Å². The van der Waals surface area contributed by atoms with Crippen molar-refractivity contribution in [3.8, 4) is 0 Å². The molecule has 5 heteroatoms. The third kappa shape index (κ3) is 4.72. The number of nitrogens with one attached hydrogen (secondary N) is 1. The van der Waals surface area contributed by atoms with Gasteiger partial charge in [-0.05, 0) is 31.0 Å². The van der Waals surface area contributed by atoms with Crippen LogP contribution in [0.3, 0.4) is 0 Å². The summed E-state index contributed by atoms with van der Waals surface area (Å²) in [5, 5.41) is 7.98. The Morgan fingerprint density at radius 2 is 2.19 bits per heavy atom. The first-order chi connectivity index (χ1) is 10.2. The molecule has 0 radical (unpaired) electrons. The van der Waals surface area contributed by atoms with E-state index >= 15 is 0 Å². The molecule has 1 unspecified atom stereocenters. The molecule has 21 heavy (non-hydrogen) atoms. The van der Waals surface area contributed by atoms with Crippen molar-refractivity contribution in [1.82, 2.24) is 19.7 Å². The van der Waals surface area contributed by atoms with Gasteiger partial charge in [0.2, 0.25) is 0 Å². The number of rotatable bonds is 9. The van der Waals surface area contributed by atoms with Crippen molar-refractivity contribution in [3.05, 3.63) is 42.0 Å². The quantitative estimate of drug-likeness (QED) is 0.721.